The highest BCUT2D eigenvalue weighted by molar-refractivity contribution is 6.12. The van der Waals surface area contributed by atoms with E-state index in [0.29, 0.717) is 46.1 Å². The molecule has 1 heterocycles. The summed E-state index contributed by atoms with van der Waals surface area (Å²) in [6.45, 7) is 8.79. The van der Waals surface area contributed by atoms with Gasteiger partial charge in [-0.2, -0.15) is 5.26 Å². The number of fused-ring (bicyclic) bond motifs is 1. The number of benzene rings is 3. The number of nitriles is 1. The Morgan fingerprint density at radius 1 is 1.08 bits per heavy atom. The molecule has 0 aliphatic heterocycles. The van der Waals surface area contributed by atoms with E-state index >= 15 is 0 Å². The summed E-state index contributed by atoms with van der Waals surface area (Å²) in [7, 11) is 1.58. The Hall–Kier alpha value is -4.30. The molecule has 0 saturated carbocycles. The summed E-state index contributed by atoms with van der Waals surface area (Å²) in [5.41, 5.74) is 6.47. The number of nitrogens with one attached hydrogen (secondary N) is 1. The summed E-state index contributed by atoms with van der Waals surface area (Å²) >= 11 is 0. The number of hydrogen-bond acceptors (Lipinski definition) is 4. The highest BCUT2D eigenvalue weighted by Crippen LogP contribution is 2.38. The smallest absolute Gasteiger partial charge is 0.255 e. The number of carbonyl (C=O) groups excluding carboxylic acids is 1. The zero-order chi connectivity index (χ0) is 25.8. The number of para-hydroxylation sites is 1. The van der Waals surface area contributed by atoms with Crippen molar-refractivity contribution in [2.45, 2.75) is 27.7 Å². The van der Waals surface area contributed by atoms with Crippen molar-refractivity contribution < 1.29 is 13.9 Å². The zero-order valence-corrected chi connectivity index (χ0v) is 21.3. The molecule has 182 valence electrons. The summed E-state index contributed by atoms with van der Waals surface area (Å²) in [5, 5.41) is 13.5. The predicted molar refractivity (Wildman–Crippen MR) is 145 cm³/mol. The molecular weight excluding hydrogens is 448 g/mol. The quantitative estimate of drug-likeness (QED) is 0.226. The topological polar surface area (TPSA) is 75.3 Å². The molecule has 5 heteroatoms. The fourth-order valence-corrected chi connectivity index (χ4v) is 4.07. The van der Waals surface area contributed by atoms with E-state index in [0.717, 1.165) is 16.7 Å². The number of carbonyl (C=O) groups is 1. The fraction of sp³-hybridized carbons (Fsp3) is 0.226. The number of rotatable bonds is 7. The summed E-state index contributed by atoms with van der Waals surface area (Å²) in [4.78, 5) is 13.2. The van der Waals surface area contributed by atoms with Gasteiger partial charge >= 0.3 is 0 Å². The maximum absolute atomic E-state index is 13.2. The van der Waals surface area contributed by atoms with Crippen molar-refractivity contribution in [1.29, 1.82) is 5.26 Å². The lowest BCUT2D eigenvalue weighted by Crippen LogP contribution is -2.27. The minimum Gasteiger partial charge on any atom is -0.493 e. The molecule has 0 aliphatic rings. The largest absolute Gasteiger partial charge is 0.493 e. The molecule has 5 nitrogen and oxygen atoms in total. The maximum atomic E-state index is 13.2. The molecule has 3 aromatic carbocycles. The van der Waals surface area contributed by atoms with Gasteiger partial charge in [0.2, 0.25) is 0 Å². The van der Waals surface area contributed by atoms with Crippen LogP contribution >= 0.6 is 0 Å². The van der Waals surface area contributed by atoms with Crippen LogP contribution in [0.3, 0.4) is 0 Å². The second-order valence-corrected chi connectivity index (χ2v) is 9.34. The number of methoxy groups -OCH3 is 1. The van der Waals surface area contributed by atoms with Crippen molar-refractivity contribution in [3.05, 3.63) is 88.5 Å². The van der Waals surface area contributed by atoms with Crippen LogP contribution in [0.25, 0.3) is 33.9 Å². The Balaban J connectivity index is 1.76. The first-order valence-electron chi connectivity index (χ1n) is 12.0. The molecule has 4 rings (SSSR count). The standard InChI is InChI=1S/C31H30N2O3/c1-19(2)18-33-31(34)28-26-7-6-8-27(35-5)30(26)36-29(28)24-13-11-23(12-14-24)25(17-32)16-22-10-9-20(3)21(4)15-22/h6-16,19H,18H2,1-5H3,(H,33,34)/b25-16+. The van der Waals surface area contributed by atoms with Gasteiger partial charge in [-0.15, -0.1) is 0 Å². The van der Waals surface area contributed by atoms with E-state index in [2.05, 4.69) is 51.2 Å². The second-order valence-electron chi connectivity index (χ2n) is 9.34. The number of ether oxygens (including phenoxy) is 1. The van der Waals surface area contributed by atoms with Gasteiger partial charge in [0, 0.05) is 17.5 Å². The van der Waals surface area contributed by atoms with Gasteiger partial charge in [-0.3, -0.25) is 4.79 Å². The highest BCUT2D eigenvalue weighted by Gasteiger charge is 2.24. The van der Waals surface area contributed by atoms with Crippen LogP contribution in [0.1, 0.15) is 46.5 Å². The Kier molecular flexibility index (Phi) is 7.26. The lowest BCUT2D eigenvalue weighted by atomic mass is 9.98. The Bertz CT molecular complexity index is 1490. The van der Waals surface area contributed by atoms with E-state index in [-0.39, 0.29) is 5.91 Å². The van der Waals surface area contributed by atoms with Gasteiger partial charge in [-0.1, -0.05) is 68.4 Å². The minimum atomic E-state index is -0.192. The summed E-state index contributed by atoms with van der Waals surface area (Å²) in [5.74, 6) is 1.16. The molecular formula is C31H30N2O3. The van der Waals surface area contributed by atoms with Crippen LogP contribution in [-0.2, 0) is 0 Å². The van der Waals surface area contributed by atoms with Crippen molar-refractivity contribution in [2.75, 3.05) is 13.7 Å². The maximum Gasteiger partial charge on any atom is 0.255 e. The number of furan rings is 1. The Morgan fingerprint density at radius 2 is 1.83 bits per heavy atom. The van der Waals surface area contributed by atoms with Crippen LogP contribution in [0.5, 0.6) is 5.75 Å². The molecule has 0 radical (unpaired) electrons. The van der Waals surface area contributed by atoms with Gasteiger partial charge in [0.05, 0.1) is 24.3 Å². The van der Waals surface area contributed by atoms with Crippen molar-refractivity contribution >= 4 is 28.5 Å². The highest BCUT2D eigenvalue weighted by atomic mass is 16.5. The monoisotopic (exact) mass is 478 g/mol. The number of nitrogens with zero attached hydrogens (tertiary/aromatic N) is 1. The third-order valence-electron chi connectivity index (χ3n) is 6.22. The van der Waals surface area contributed by atoms with E-state index in [1.165, 1.54) is 11.1 Å². The molecule has 1 N–H and O–H groups in total. The van der Waals surface area contributed by atoms with Crippen LogP contribution in [-0.4, -0.2) is 19.6 Å². The molecule has 0 aliphatic carbocycles. The molecule has 0 spiro atoms. The first-order valence-corrected chi connectivity index (χ1v) is 12.0. The van der Waals surface area contributed by atoms with E-state index in [4.69, 9.17) is 9.15 Å². The van der Waals surface area contributed by atoms with Crippen LogP contribution < -0.4 is 10.1 Å². The first-order chi connectivity index (χ1) is 17.3. The van der Waals surface area contributed by atoms with Crippen LogP contribution in [0.2, 0.25) is 0 Å². The average Bonchev–Trinajstić information content (AvgIpc) is 3.28. The van der Waals surface area contributed by atoms with Crippen LogP contribution in [0.4, 0.5) is 0 Å². The van der Waals surface area contributed by atoms with Gasteiger partial charge in [0.15, 0.2) is 11.3 Å². The van der Waals surface area contributed by atoms with E-state index in [9.17, 15) is 10.1 Å². The lowest BCUT2D eigenvalue weighted by molar-refractivity contribution is 0.0950. The van der Waals surface area contributed by atoms with Crippen molar-refractivity contribution in [2.24, 2.45) is 5.92 Å². The third-order valence-corrected chi connectivity index (χ3v) is 6.22. The van der Waals surface area contributed by atoms with Crippen molar-refractivity contribution in [1.82, 2.24) is 5.32 Å². The second kappa shape index (κ2) is 10.5. The summed E-state index contributed by atoms with van der Waals surface area (Å²) in [6, 6.07) is 21.5. The molecule has 1 aromatic heterocycles. The molecule has 0 saturated heterocycles. The van der Waals surface area contributed by atoms with Gasteiger partial charge in [-0.25, -0.2) is 0 Å². The molecule has 1 amide bonds. The van der Waals surface area contributed by atoms with Gasteiger partial charge < -0.3 is 14.5 Å². The summed E-state index contributed by atoms with van der Waals surface area (Å²) < 4.78 is 11.7. The van der Waals surface area contributed by atoms with E-state index in [1.54, 1.807) is 7.11 Å². The third kappa shape index (κ3) is 5.04. The van der Waals surface area contributed by atoms with Crippen molar-refractivity contribution in [3.8, 4) is 23.1 Å². The number of allylic oxidation sites excluding steroid dienone is 1. The fourth-order valence-electron chi connectivity index (χ4n) is 4.07. The van der Waals surface area contributed by atoms with Gasteiger partial charge in [0.1, 0.15) is 5.76 Å². The van der Waals surface area contributed by atoms with Gasteiger partial charge in [-0.05, 0) is 54.2 Å². The van der Waals surface area contributed by atoms with Crippen LogP contribution in [0, 0.1) is 31.1 Å². The Morgan fingerprint density at radius 3 is 2.47 bits per heavy atom. The SMILES string of the molecule is COc1cccc2c(C(=O)NCC(C)C)c(-c3ccc(/C(C#N)=C/c4ccc(C)c(C)c4)cc3)oc12. The van der Waals surface area contributed by atoms with Crippen LogP contribution in [0.15, 0.2) is 65.1 Å². The number of amides is 1. The molecule has 0 atom stereocenters. The summed E-state index contributed by atoms with van der Waals surface area (Å²) in [6.07, 6.45) is 1.89. The molecule has 4 aromatic rings. The molecule has 0 bridgehead atoms. The Labute approximate surface area is 212 Å². The number of aryl methyl sites for hydroxylation is 2. The minimum absolute atomic E-state index is 0.192. The normalized spacial score (nSPS) is 11.5. The molecule has 0 fully saturated rings. The predicted octanol–water partition coefficient (Wildman–Crippen LogP) is 7.18. The number of hydrogen-bond donors (Lipinski definition) is 1. The zero-order valence-electron chi connectivity index (χ0n) is 21.3. The lowest BCUT2D eigenvalue weighted by Gasteiger charge is -2.09. The van der Waals surface area contributed by atoms with Crippen molar-refractivity contribution in [3.63, 3.8) is 0 Å². The molecule has 36 heavy (non-hydrogen) atoms. The van der Waals surface area contributed by atoms with E-state index in [1.807, 2.05) is 54.6 Å². The average molecular weight is 479 g/mol. The van der Waals surface area contributed by atoms with E-state index < -0.39 is 0 Å². The van der Waals surface area contributed by atoms with Gasteiger partial charge in [0.25, 0.3) is 5.91 Å². The molecule has 0 unspecified atom stereocenters. The first kappa shape index (κ1) is 24.8.